The Kier molecular flexibility index (Phi) is 6.72. The second kappa shape index (κ2) is 9.22. The maximum Gasteiger partial charge on any atom is 0.338 e. The van der Waals surface area contributed by atoms with E-state index in [1.54, 1.807) is 42.1 Å². The first-order valence-electron chi connectivity index (χ1n) is 8.98. The molecule has 0 amide bonds. The SMILES string of the molecule is C=CC[C@@H]1O[C@H](COC(=O)c2ccccc2)[C@H](O)[C@H]1Sc1ccc(C)cc1. The van der Waals surface area contributed by atoms with Crippen molar-refractivity contribution in [2.75, 3.05) is 6.61 Å². The number of carbonyl (C=O) groups is 1. The first-order chi connectivity index (χ1) is 13.1. The molecule has 1 heterocycles. The molecule has 1 N–H and O–H groups in total. The molecule has 5 heteroatoms. The van der Waals surface area contributed by atoms with Gasteiger partial charge in [-0.2, -0.15) is 0 Å². The van der Waals surface area contributed by atoms with E-state index in [0.29, 0.717) is 12.0 Å². The van der Waals surface area contributed by atoms with Crippen molar-refractivity contribution in [3.63, 3.8) is 0 Å². The molecule has 142 valence electrons. The fourth-order valence-electron chi connectivity index (χ4n) is 3.04. The topological polar surface area (TPSA) is 55.8 Å². The minimum atomic E-state index is -0.732. The van der Waals surface area contributed by atoms with Gasteiger partial charge in [0.25, 0.3) is 0 Å². The molecule has 1 aliphatic heterocycles. The summed E-state index contributed by atoms with van der Waals surface area (Å²) in [5, 5.41) is 10.6. The molecule has 0 radical (unpaired) electrons. The van der Waals surface area contributed by atoms with E-state index in [9.17, 15) is 9.90 Å². The van der Waals surface area contributed by atoms with Crippen LogP contribution < -0.4 is 0 Å². The van der Waals surface area contributed by atoms with Crippen molar-refractivity contribution in [2.24, 2.45) is 0 Å². The number of aryl methyl sites for hydroxylation is 1. The van der Waals surface area contributed by atoms with Crippen LogP contribution >= 0.6 is 11.8 Å². The highest BCUT2D eigenvalue weighted by atomic mass is 32.2. The van der Waals surface area contributed by atoms with Gasteiger partial charge in [0.2, 0.25) is 0 Å². The first kappa shape index (κ1) is 19.7. The third kappa shape index (κ3) is 5.01. The van der Waals surface area contributed by atoms with Gasteiger partial charge in [0.1, 0.15) is 12.7 Å². The van der Waals surface area contributed by atoms with Crippen LogP contribution in [0.1, 0.15) is 22.3 Å². The van der Waals surface area contributed by atoms with Crippen LogP contribution in [0.15, 0.2) is 72.1 Å². The Bertz CT molecular complexity index is 760. The van der Waals surface area contributed by atoms with Crippen LogP contribution in [0.3, 0.4) is 0 Å². The number of rotatable bonds is 7. The normalized spacial score (nSPS) is 24.5. The van der Waals surface area contributed by atoms with E-state index < -0.39 is 18.2 Å². The number of aliphatic hydroxyl groups is 1. The Morgan fingerprint density at radius 1 is 1.19 bits per heavy atom. The highest BCUT2D eigenvalue weighted by Gasteiger charge is 2.44. The quantitative estimate of drug-likeness (QED) is 0.577. The fraction of sp³-hybridized carbons (Fsp3) is 0.318. The summed E-state index contributed by atoms with van der Waals surface area (Å²) < 4.78 is 11.4. The molecule has 3 rings (SSSR count). The summed E-state index contributed by atoms with van der Waals surface area (Å²) in [5.74, 6) is -0.415. The number of ether oxygens (including phenoxy) is 2. The molecule has 4 atom stereocenters. The molecule has 1 fully saturated rings. The number of aliphatic hydroxyl groups excluding tert-OH is 1. The minimum absolute atomic E-state index is 0.0213. The first-order valence-corrected chi connectivity index (χ1v) is 9.86. The van der Waals surface area contributed by atoms with Crippen molar-refractivity contribution in [3.05, 3.63) is 78.4 Å². The third-order valence-electron chi connectivity index (χ3n) is 4.51. The van der Waals surface area contributed by atoms with Crippen LogP contribution in [0.4, 0.5) is 0 Å². The maximum atomic E-state index is 12.1. The smallest absolute Gasteiger partial charge is 0.338 e. The average molecular weight is 384 g/mol. The van der Waals surface area contributed by atoms with Crippen LogP contribution in [0.5, 0.6) is 0 Å². The largest absolute Gasteiger partial charge is 0.459 e. The number of esters is 1. The lowest BCUT2D eigenvalue weighted by Gasteiger charge is -2.19. The fourth-order valence-corrected chi connectivity index (χ4v) is 4.29. The molecular formula is C22H24O4S. The van der Waals surface area contributed by atoms with E-state index in [-0.39, 0.29) is 18.0 Å². The second-order valence-electron chi connectivity index (χ2n) is 6.59. The molecule has 2 aromatic rings. The lowest BCUT2D eigenvalue weighted by molar-refractivity contribution is -0.0326. The van der Waals surface area contributed by atoms with E-state index in [4.69, 9.17) is 9.47 Å². The minimum Gasteiger partial charge on any atom is -0.459 e. The number of hydrogen-bond donors (Lipinski definition) is 1. The van der Waals surface area contributed by atoms with Crippen molar-refractivity contribution >= 4 is 17.7 Å². The van der Waals surface area contributed by atoms with Gasteiger partial charge in [-0.25, -0.2) is 4.79 Å². The van der Waals surface area contributed by atoms with E-state index in [0.717, 1.165) is 4.90 Å². The highest BCUT2D eigenvalue weighted by Crippen LogP contribution is 2.37. The Balaban J connectivity index is 1.64. The van der Waals surface area contributed by atoms with Gasteiger partial charge in [0.05, 0.1) is 23.0 Å². The molecule has 2 aromatic carbocycles. The Hall–Kier alpha value is -2.08. The van der Waals surface area contributed by atoms with Gasteiger partial charge in [-0.1, -0.05) is 42.0 Å². The van der Waals surface area contributed by atoms with Crippen molar-refractivity contribution in [2.45, 2.75) is 41.8 Å². The molecule has 1 aliphatic rings. The summed E-state index contributed by atoms with van der Waals surface area (Å²) in [6, 6.07) is 17.0. The summed E-state index contributed by atoms with van der Waals surface area (Å²) in [6.45, 7) is 5.85. The van der Waals surface area contributed by atoms with Gasteiger partial charge in [-0.3, -0.25) is 0 Å². The van der Waals surface area contributed by atoms with Crippen molar-refractivity contribution in [3.8, 4) is 0 Å². The Morgan fingerprint density at radius 3 is 2.56 bits per heavy atom. The van der Waals surface area contributed by atoms with Crippen molar-refractivity contribution < 1.29 is 19.4 Å². The van der Waals surface area contributed by atoms with Crippen LogP contribution in [0.2, 0.25) is 0 Å². The van der Waals surface area contributed by atoms with Gasteiger partial charge in [-0.15, -0.1) is 18.3 Å². The predicted octanol–water partition coefficient (Wildman–Crippen LogP) is 4.02. The van der Waals surface area contributed by atoms with Crippen LogP contribution in [0.25, 0.3) is 0 Å². The zero-order chi connectivity index (χ0) is 19.2. The molecule has 27 heavy (non-hydrogen) atoms. The average Bonchev–Trinajstić information content (AvgIpc) is 2.98. The van der Waals surface area contributed by atoms with E-state index in [1.165, 1.54) is 5.56 Å². The summed E-state index contributed by atoms with van der Waals surface area (Å²) >= 11 is 1.59. The van der Waals surface area contributed by atoms with Crippen molar-refractivity contribution in [1.29, 1.82) is 0 Å². The Morgan fingerprint density at radius 2 is 1.89 bits per heavy atom. The van der Waals surface area contributed by atoms with Gasteiger partial charge in [-0.05, 0) is 37.6 Å². The standard InChI is InChI=1S/C22H24O4S/c1-3-7-18-21(27-17-12-10-15(2)11-13-17)20(23)19(26-18)14-25-22(24)16-8-5-4-6-9-16/h3-6,8-13,18-21,23H,1,7,14H2,2H3/t18-,19+,20-,21-/m0/s1. The summed E-state index contributed by atoms with van der Waals surface area (Å²) in [6.07, 6.45) is 0.960. The lowest BCUT2D eigenvalue weighted by Crippen LogP contribution is -2.33. The van der Waals surface area contributed by atoms with Gasteiger partial charge in [0, 0.05) is 4.90 Å². The molecule has 0 aromatic heterocycles. The summed E-state index contributed by atoms with van der Waals surface area (Å²) in [7, 11) is 0. The van der Waals surface area contributed by atoms with Crippen LogP contribution in [-0.2, 0) is 9.47 Å². The monoisotopic (exact) mass is 384 g/mol. The zero-order valence-corrected chi connectivity index (χ0v) is 16.1. The Labute approximate surface area is 164 Å². The molecule has 0 unspecified atom stereocenters. The predicted molar refractivity (Wildman–Crippen MR) is 107 cm³/mol. The van der Waals surface area contributed by atoms with Crippen LogP contribution in [-0.4, -0.2) is 41.2 Å². The van der Waals surface area contributed by atoms with E-state index in [1.807, 2.05) is 37.3 Å². The molecule has 0 saturated carbocycles. The number of thioether (sulfide) groups is 1. The lowest BCUT2D eigenvalue weighted by atomic mass is 10.1. The molecule has 4 nitrogen and oxygen atoms in total. The number of hydrogen-bond acceptors (Lipinski definition) is 5. The van der Waals surface area contributed by atoms with Gasteiger partial charge >= 0.3 is 5.97 Å². The molecular weight excluding hydrogens is 360 g/mol. The number of carbonyl (C=O) groups excluding carboxylic acids is 1. The van der Waals surface area contributed by atoms with Crippen molar-refractivity contribution in [1.82, 2.24) is 0 Å². The maximum absolute atomic E-state index is 12.1. The van der Waals surface area contributed by atoms with Gasteiger partial charge < -0.3 is 14.6 Å². The number of benzene rings is 2. The van der Waals surface area contributed by atoms with E-state index >= 15 is 0 Å². The van der Waals surface area contributed by atoms with E-state index in [2.05, 4.69) is 6.58 Å². The highest BCUT2D eigenvalue weighted by molar-refractivity contribution is 8.00. The van der Waals surface area contributed by atoms with Crippen LogP contribution in [0, 0.1) is 6.92 Å². The molecule has 1 saturated heterocycles. The molecule has 0 aliphatic carbocycles. The third-order valence-corrected chi connectivity index (χ3v) is 5.91. The molecule has 0 bridgehead atoms. The second-order valence-corrected chi connectivity index (χ2v) is 7.84. The molecule has 0 spiro atoms. The summed E-state index contributed by atoms with van der Waals surface area (Å²) in [5.41, 5.74) is 1.68. The van der Waals surface area contributed by atoms with Gasteiger partial charge in [0.15, 0.2) is 0 Å². The summed E-state index contributed by atoms with van der Waals surface area (Å²) in [4.78, 5) is 13.2. The zero-order valence-electron chi connectivity index (χ0n) is 15.3.